The molecular weight excluding hydrogens is 328 g/mol. The van der Waals surface area contributed by atoms with Crippen LogP contribution >= 0.6 is 0 Å². The summed E-state index contributed by atoms with van der Waals surface area (Å²) >= 11 is 0. The Morgan fingerprint density at radius 2 is 2.04 bits per heavy atom. The van der Waals surface area contributed by atoms with Crippen molar-refractivity contribution in [3.05, 3.63) is 41.2 Å². The molecule has 3 heterocycles. The number of para-hydroxylation sites is 2. The second kappa shape index (κ2) is 7.47. The molecule has 26 heavy (non-hydrogen) atoms. The third kappa shape index (κ3) is 3.32. The summed E-state index contributed by atoms with van der Waals surface area (Å²) in [6, 6.07) is 8.04. The van der Waals surface area contributed by atoms with E-state index in [0.29, 0.717) is 12.2 Å². The molecule has 4 rings (SSSR count). The van der Waals surface area contributed by atoms with Crippen molar-refractivity contribution in [3.63, 3.8) is 0 Å². The van der Waals surface area contributed by atoms with Crippen LogP contribution in [0.25, 0.3) is 0 Å². The molecule has 138 valence electrons. The molecule has 2 aromatic rings. The molecule has 1 aromatic heterocycles. The fourth-order valence-corrected chi connectivity index (χ4v) is 3.75. The Balaban J connectivity index is 1.52. The third-order valence-electron chi connectivity index (χ3n) is 5.33. The van der Waals surface area contributed by atoms with Gasteiger partial charge in [0.2, 0.25) is 0 Å². The van der Waals surface area contributed by atoms with Crippen LogP contribution in [0, 0.1) is 0 Å². The number of H-pyrrole nitrogens is 1. The number of carbonyl (C=O) groups is 1. The first-order valence-electron chi connectivity index (χ1n) is 9.40. The SMILES string of the molecule is CCN1CCN(c2ccccc2NC(=O)c2n[nH]c3c2CNCC3)CC1. The van der Waals surface area contributed by atoms with Crippen LogP contribution in [0.3, 0.4) is 0 Å². The lowest BCUT2D eigenvalue weighted by molar-refractivity contribution is 0.102. The first-order valence-corrected chi connectivity index (χ1v) is 9.40. The van der Waals surface area contributed by atoms with Crippen LogP contribution in [-0.2, 0) is 13.0 Å². The molecule has 1 saturated heterocycles. The number of amides is 1. The van der Waals surface area contributed by atoms with Crippen molar-refractivity contribution >= 4 is 17.3 Å². The highest BCUT2D eigenvalue weighted by Gasteiger charge is 2.23. The molecule has 7 nitrogen and oxygen atoms in total. The number of hydrogen-bond acceptors (Lipinski definition) is 5. The average molecular weight is 354 g/mol. The van der Waals surface area contributed by atoms with E-state index in [2.05, 4.69) is 43.6 Å². The highest BCUT2D eigenvalue weighted by atomic mass is 16.2. The number of aromatic nitrogens is 2. The monoisotopic (exact) mass is 354 g/mol. The minimum atomic E-state index is -0.147. The van der Waals surface area contributed by atoms with Crippen molar-refractivity contribution in [3.8, 4) is 0 Å². The Morgan fingerprint density at radius 3 is 2.85 bits per heavy atom. The fraction of sp³-hybridized carbons (Fsp3) is 0.474. The highest BCUT2D eigenvalue weighted by Crippen LogP contribution is 2.27. The Hall–Kier alpha value is -2.38. The van der Waals surface area contributed by atoms with Crippen molar-refractivity contribution in [2.24, 2.45) is 0 Å². The van der Waals surface area contributed by atoms with E-state index in [4.69, 9.17) is 0 Å². The van der Waals surface area contributed by atoms with Crippen LogP contribution in [0.15, 0.2) is 24.3 Å². The number of piperazine rings is 1. The molecule has 0 saturated carbocycles. The molecule has 0 bridgehead atoms. The third-order valence-corrected chi connectivity index (χ3v) is 5.33. The predicted molar refractivity (Wildman–Crippen MR) is 103 cm³/mol. The van der Waals surface area contributed by atoms with Gasteiger partial charge in [0.25, 0.3) is 5.91 Å². The van der Waals surface area contributed by atoms with Crippen LogP contribution < -0.4 is 15.5 Å². The van der Waals surface area contributed by atoms with Crippen LogP contribution in [0.2, 0.25) is 0 Å². The average Bonchev–Trinajstić information content (AvgIpc) is 3.13. The number of hydrogen-bond donors (Lipinski definition) is 3. The standard InChI is InChI=1S/C19H26N6O/c1-2-24-9-11-25(12-10-24)17-6-4-3-5-16(17)21-19(26)18-14-13-20-8-7-15(14)22-23-18/h3-6,20H,2,7-13H2,1H3,(H,21,26)(H,22,23). The number of likely N-dealkylation sites (N-methyl/N-ethyl adjacent to an activating group) is 1. The second-order valence-electron chi connectivity index (χ2n) is 6.85. The summed E-state index contributed by atoms with van der Waals surface area (Å²) < 4.78 is 0. The van der Waals surface area contributed by atoms with Crippen molar-refractivity contribution in [2.45, 2.75) is 19.9 Å². The molecule has 7 heteroatoms. The van der Waals surface area contributed by atoms with E-state index >= 15 is 0 Å². The van der Waals surface area contributed by atoms with Gasteiger partial charge in [-0.05, 0) is 18.7 Å². The zero-order chi connectivity index (χ0) is 17.9. The van der Waals surface area contributed by atoms with Gasteiger partial charge in [0, 0.05) is 56.9 Å². The summed E-state index contributed by atoms with van der Waals surface area (Å²) in [4.78, 5) is 17.6. The molecule has 1 amide bonds. The molecular formula is C19H26N6O. The largest absolute Gasteiger partial charge is 0.367 e. The van der Waals surface area contributed by atoms with Crippen LogP contribution in [0.5, 0.6) is 0 Å². The van der Waals surface area contributed by atoms with E-state index in [-0.39, 0.29) is 5.91 Å². The summed E-state index contributed by atoms with van der Waals surface area (Å²) in [7, 11) is 0. The molecule has 2 aliphatic rings. The molecule has 1 aromatic carbocycles. The fourth-order valence-electron chi connectivity index (χ4n) is 3.75. The van der Waals surface area contributed by atoms with Crippen molar-refractivity contribution in [1.82, 2.24) is 20.4 Å². The topological polar surface area (TPSA) is 76.3 Å². The van der Waals surface area contributed by atoms with Gasteiger partial charge in [0.05, 0.1) is 11.4 Å². The number of carbonyl (C=O) groups excluding carboxylic acids is 1. The Labute approximate surface area is 153 Å². The number of rotatable bonds is 4. The summed E-state index contributed by atoms with van der Waals surface area (Å²) in [6.07, 6.45) is 0.883. The summed E-state index contributed by atoms with van der Waals surface area (Å²) in [5.74, 6) is -0.147. The Morgan fingerprint density at radius 1 is 1.23 bits per heavy atom. The Bertz CT molecular complexity index is 778. The molecule has 2 aliphatic heterocycles. The van der Waals surface area contributed by atoms with E-state index in [9.17, 15) is 4.79 Å². The number of fused-ring (bicyclic) bond motifs is 1. The Kier molecular flexibility index (Phi) is 4.90. The van der Waals surface area contributed by atoms with Crippen LogP contribution in [0.1, 0.15) is 28.7 Å². The van der Waals surface area contributed by atoms with Gasteiger partial charge in [-0.25, -0.2) is 0 Å². The van der Waals surface area contributed by atoms with Crippen molar-refractivity contribution in [2.75, 3.05) is 49.5 Å². The number of nitrogens with zero attached hydrogens (tertiary/aromatic N) is 3. The molecule has 0 aliphatic carbocycles. The van der Waals surface area contributed by atoms with Crippen molar-refractivity contribution in [1.29, 1.82) is 0 Å². The summed E-state index contributed by atoms with van der Waals surface area (Å²) in [6.45, 7) is 8.95. The number of nitrogens with one attached hydrogen (secondary N) is 3. The quantitative estimate of drug-likeness (QED) is 0.775. The first kappa shape index (κ1) is 17.1. The lowest BCUT2D eigenvalue weighted by Gasteiger charge is -2.36. The van der Waals surface area contributed by atoms with Gasteiger partial charge in [-0.15, -0.1) is 0 Å². The lowest BCUT2D eigenvalue weighted by atomic mass is 10.1. The van der Waals surface area contributed by atoms with Gasteiger partial charge in [-0.2, -0.15) is 5.10 Å². The molecule has 0 unspecified atom stereocenters. The number of aromatic amines is 1. The lowest BCUT2D eigenvalue weighted by Crippen LogP contribution is -2.46. The molecule has 3 N–H and O–H groups in total. The maximum absolute atomic E-state index is 12.8. The van der Waals surface area contributed by atoms with Crippen molar-refractivity contribution < 1.29 is 4.79 Å². The smallest absolute Gasteiger partial charge is 0.276 e. The van der Waals surface area contributed by atoms with Gasteiger partial charge < -0.3 is 20.4 Å². The van der Waals surface area contributed by atoms with Gasteiger partial charge in [0.15, 0.2) is 5.69 Å². The van der Waals surface area contributed by atoms with E-state index in [0.717, 1.165) is 68.3 Å². The maximum atomic E-state index is 12.8. The van der Waals surface area contributed by atoms with Gasteiger partial charge >= 0.3 is 0 Å². The minimum absolute atomic E-state index is 0.147. The van der Waals surface area contributed by atoms with E-state index in [1.54, 1.807) is 0 Å². The van der Waals surface area contributed by atoms with E-state index in [1.165, 1.54) is 0 Å². The van der Waals surface area contributed by atoms with Crippen LogP contribution in [-0.4, -0.2) is 60.3 Å². The minimum Gasteiger partial charge on any atom is -0.367 e. The second-order valence-corrected chi connectivity index (χ2v) is 6.85. The van der Waals surface area contributed by atoms with Crippen LogP contribution in [0.4, 0.5) is 11.4 Å². The highest BCUT2D eigenvalue weighted by molar-refractivity contribution is 6.05. The normalized spacial score (nSPS) is 17.8. The van der Waals surface area contributed by atoms with E-state index in [1.807, 2.05) is 18.2 Å². The van der Waals surface area contributed by atoms with Gasteiger partial charge in [-0.3, -0.25) is 9.89 Å². The summed E-state index contributed by atoms with van der Waals surface area (Å²) in [5, 5.41) is 13.7. The molecule has 0 atom stereocenters. The molecule has 1 fully saturated rings. The molecule has 0 radical (unpaired) electrons. The first-order chi connectivity index (χ1) is 12.8. The zero-order valence-electron chi connectivity index (χ0n) is 15.2. The summed E-state index contributed by atoms with van der Waals surface area (Å²) in [5.41, 5.74) is 4.49. The zero-order valence-corrected chi connectivity index (χ0v) is 15.2. The number of benzene rings is 1. The van der Waals surface area contributed by atoms with Gasteiger partial charge in [0.1, 0.15) is 0 Å². The maximum Gasteiger partial charge on any atom is 0.276 e. The van der Waals surface area contributed by atoms with E-state index < -0.39 is 0 Å². The molecule has 0 spiro atoms. The number of anilines is 2. The predicted octanol–water partition coefficient (Wildman–Crippen LogP) is 1.45. The van der Waals surface area contributed by atoms with Gasteiger partial charge in [-0.1, -0.05) is 19.1 Å².